The molecule has 0 spiro atoms. The Morgan fingerprint density at radius 1 is 1.45 bits per heavy atom. The minimum atomic E-state index is -0.137. The Hall–Kier alpha value is -0.730. The van der Waals surface area contributed by atoms with Crippen molar-refractivity contribution in [2.75, 3.05) is 7.05 Å². The minimum absolute atomic E-state index is 0.137. The van der Waals surface area contributed by atoms with E-state index in [1.165, 1.54) is 12.8 Å². The van der Waals surface area contributed by atoms with Crippen LogP contribution in [0, 0.1) is 0 Å². The fraction of sp³-hybridized carbons (Fsp3) is 0.875. The van der Waals surface area contributed by atoms with Gasteiger partial charge in [-0.3, -0.25) is 0 Å². The highest BCUT2D eigenvalue weighted by atomic mass is 16.6. The highest BCUT2D eigenvalue weighted by Crippen LogP contribution is 2.30. The van der Waals surface area contributed by atoms with Crippen LogP contribution in [0.3, 0.4) is 0 Å². The number of nitrogens with zero attached hydrogens (tertiary/aromatic N) is 1. The number of likely N-dealkylation sites (N-methyl/N-ethyl adjacent to an activating group) is 1. The first kappa shape index (κ1) is 6.95. The predicted octanol–water partition coefficient (Wildman–Crippen LogP) is 1.38. The lowest BCUT2D eigenvalue weighted by Crippen LogP contribution is -2.35. The Morgan fingerprint density at radius 2 is 2.18 bits per heavy atom. The van der Waals surface area contributed by atoms with E-state index in [-0.39, 0.29) is 12.2 Å². The molecule has 3 heteroatoms. The predicted molar refractivity (Wildman–Crippen MR) is 40.3 cm³/mol. The Kier molecular flexibility index (Phi) is 1.51. The maximum Gasteiger partial charge on any atom is 0.410 e. The van der Waals surface area contributed by atoms with Crippen LogP contribution in [0.15, 0.2) is 0 Å². The number of carbonyl (C=O) groups excluding carboxylic acids is 1. The van der Waals surface area contributed by atoms with Gasteiger partial charge in [0, 0.05) is 7.05 Å². The van der Waals surface area contributed by atoms with Crippen LogP contribution in [-0.4, -0.2) is 30.2 Å². The Morgan fingerprint density at radius 3 is 2.91 bits per heavy atom. The van der Waals surface area contributed by atoms with Gasteiger partial charge in [0.2, 0.25) is 0 Å². The van der Waals surface area contributed by atoms with E-state index >= 15 is 0 Å². The maximum absolute atomic E-state index is 11.0. The summed E-state index contributed by atoms with van der Waals surface area (Å²) in [6, 6.07) is 0.372. The van der Waals surface area contributed by atoms with Crippen molar-refractivity contribution in [3.8, 4) is 0 Å². The largest absolute Gasteiger partial charge is 0.444 e. The maximum atomic E-state index is 11.0. The molecule has 1 saturated carbocycles. The van der Waals surface area contributed by atoms with E-state index in [0.29, 0.717) is 6.04 Å². The van der Waals surface area contributed by atoms with E-state index in [1.54, 1.807) is 4.90 Å². The van der Waals surface area contributed by atoms with Crippen molar-refractivity contribution in [3.05, 3.63) is 0 Å². The average Bonchev–Trinajstić information content (AvgIpc) is 2.30. The Balaban J connectivity index is 2.11. The average molecular weight is 155 g/mol. The smallest absolute Gasteiger partial charge is 0.410 e. The second-order valence-electron chi connectivity index (χ2n) is 3.38. The van der Waals surface area contributed by atoms with Crippen LogP contribution in [-0.2, 0) is 4.74 Å². The summed E-state index contributed by atoms with van der Waals surface area (Å²) in [7, 11) is 1.83. The van der Waals surface area contributed by atoms with Crippen molar-refractivity contribution in [3.63, 3.8) is 0 Å². The standard InChI is InChI=1S/C8H13NO2/c1-9-6-4-2-3-5-7(6)11-8(9)10/h6-7H,2-5H2,1H3/t6-,7+/m0/s1. The minimum Gasteiger partial charge on any atom is -0.444 e. The van der Waals surface area contributed by atoms with Gasteiger partial charge >= 0.3 is 6.09 Å². The van der Waals surface area contributed by atoms with Crippen molar-refractivity contribution in [1.29, 1.82) is 0 Å². The fourth-order valence-electron chi connectivity index (χ4n) is 2.01. The number of carbonyl (C=O) groups is 1. The van der Waals surface area contributed by atoms with Gasteiger partial charge in [0.1, 0.15) is 6.10 Å². The van der Waals surface area contributed by atoms with Crippen molar-refractivity contribution in [2.45, 2.75) is 37.8 Å². The normalized spacial score (nSPS) is 36.8. The zero-order valence-corrected chi connectivity index (χ0v) is 6.75. The molecule has 1 saturated heterocycles. The number of hydrogen-bond donors (Lipinski definition) is 0. The van der Waals surface area contributed by atoms with Gasteiger partial charge in [-0.25, -0.2) is 4.79 Å². The van der Waals surface area contributed by atoms with Crippen LogP contribution < -0.4 is 0 Å². The van der Waals surface area contributed by atoms with Gasteiger partial charge in [-0.2, -0.15) is 0 Å². The van der Waals surface area contributed by atoms with Crippen LogP contribution >= 0.6 is 0 Å². The first-order valence-electron chi connectivity index (χ1n) is 4.22. The summed E-state index contributed by atoms with van der Waals surface area (Å²) < 4.78 is 5.16. The van der Waals surface area contributed by atoms with Gasteiger partial charge in [-0.05, 0) is 19.3 Å². The lowest BCUT2D eigenvalue weighted by molar-refractivity contribution is 0.113. The molecule has 0 aromatic rings. The molecule has 1 aliphatic carbocycles. The molecule has 1 amide bonds. The first-order valence-corrected chi connectivity index (χ1v) is 4.22. The van der Waals surface area contributed by atoms with E-state index < -0.39 is 0 Å². The third kappa shape index (κ3) is 0.988. The molecule has 1 heterocycles. The molecular formula is C8H13NO2. The molecule has 11 heavy (non-hydrogen) atoms. The molecule has 2 atom stereocenters. The molecule has 0 N–H and O–H groups in total. The summed E-state index contributed by atoms with van der Waals surface area (Å²) in [6.07, 6.45) is 4.68. The van der Waals surface area contributed by atoms with Gasteiger partial charge in [-0.1, -0.05) is 6.42 Å². The van der Waals surface area contributed by atoms with Crippen molar-refractivity contribution in [1.82, 2.24) is 4.90 Å². The Bertz CT molecular complexity index is 181. The quantitative estimate of drug-likeness (QED) is 0.529. The van der Waals surface area contributed by atoms with E-state index in [1.807, 2.05) is 7.05 Å². The monoisotopic (exact) mass is 155 g/mol. The van der Waals surface area contributed by atoms with Gasteiger partial charge < -0.3 is 9.64 Å². The highest BCUT2D eigenvalue weighted by molar-refractivity contribution is 5.70. The second kappa shape index (κ2) is 2.40. The second-order valence-corrected chi connectivity index (χ2v) is 3.38. The van der Waals surface area contributed by atoms with Gasteiger partial charge in [0.15, 0.2) is 0 Å². The number of ether oxygens (including phenoxy) is 1. The number of amides is 1. The summed E-state index contributed by atoms with van der Waals surface area (Å²) in [5.74, 6) is 0. The molecule has 0 aromatic carbocycles. The molecule has 0 unspecified atom stereocenters. The Labute approximate surface area is 66.3 Å². The van der Waals surface area contributed by atoms with Crippen LogP contribution in [0.2, 0.25) is 0 Å². The molecular weight excluding hydrogens is 142 g/mol. The SMILES string of the molecule is CN1C(=O)O[C@@H]2CCCC[C@@H]21. The lowest BCUT2D eigenvalue weighted by atomic mass is 9.93. The third-order valence-electron chi connectivity index (χ3n) is 2.71. The number of fused-ring (bicyclic) bond motifs is 1. The molecule has 3 nitrogen and oxygen atoms in total. The zero-order valence-electron chi connectivity index (χ0n) is 6.75. The van der Waals surface area contributed by atoms with Crippen molar-refractivity contribution >= 4 is 6.09 Å². The molecule has 2 aliphatic rings. The molecule has 0 aromatic heterocycles. The summed E-state index contributed by atoms with van der Waals surface area (Å²) >= 11 is 0. The summed E-state index contributed by atoms with van der Waals surface area (Å²) in [6.45, 7) is 0. The first-order chi connectivity index (χ1) is 5.29. The fourth-order valence-corrected chi connectivity index (χ4v) is 2.01. The lowest BCUT2D eigenvalue weighted by Gasteiger charge is -2.25. The van der Waals surface area contributed by atoms with Gasteiger partial charge in [-0.15, -0.1) is 0 Å². The van der Waals surface area contributed by atoms with Crippen molar-refractivity contribution < 1.29 is 9.53 Å². The summed E-state index contributed by atoms with van der Waals surface area (Å²) in [5, 5.41) is 0. The van der Waals surface area contributed by atoms with Crippen LogP contribution in [0.4, 0.5) is 4.79 Å². The molecule has 0 radical (unpaired) electrons. The van der Waals surface area contributed by atoms with Gasteiger partial charge in [0.05, 0.1) is 6.04 Å². The molecule has 2 rings (SSSR count). The topological polar surface area (TPSA) is 29.5 Å². The van der Waals surface area contributed by atoms with E-state index in [2.05, 4.69) is 0 Å². The van der Waals surface area contributed by atoms with E-state index in [4.69, 9.17) is 4.74 Å². The van der Waals surface area contributed by atoms with Crippen molar-refractivity contribution in [2.24, 2.45) is 0 Å². The van der Waals surface area contributed by atoms with Crippen LogP contribution in [0.5, 0.6) is 0 Å². The molecule has 1 aliphatic heterocycles. The molecule has 0 bridgehead atoms. The number of rotatable bonds is 0. The van der Waals surface area contributed by atoms with Crippen LogP contribution in [0.1, 0.15) is 25.7 Å². The molecule has 62 valence electrons. The third-order valence-corrected chi connectivity index (χ3v) is 2.71. The van der Waals surface area contributed by atoms with E-state index in [9.17, 15) is 4.79 Å². The van der Waals surface area contributed by atoms with Crippen LogP contribution in [0.25, 0.3) is 0 Å². The summed E-state index contributed by atoms with van der Waals surface area (Å²) in [5.41, 5.74) is 0. The van der Waals surface area contributed by atoms with E-state index in [0.717, 1.165) is 12.8 Å². The highest BCUT2D eigenvalue weighted by Gasteiger charge is 2.40. The summed E-state index contributed by atoms with van der Waals surface area (Å²) in [4.78, 5) is 12.8. The van der Waals surface area contributed by atoms with Gasteiger partial charge in [0.25, 0.3) is 0 Å². The molecule has 2 fully saturated rings. The number of hydrogen-bond acceptors (Lipinski definition) is 2. The zero-order chi connectivity index (χ0) is 7.84.